The van der Waals surface area contributed by atoms with Gasteiger partial charge in [-0.15, -0.1) is 0 Å². The minimum Gasteiger partial charge on any atom is -0.394 e. The summed E-state index contributed by atoms with van der Waals surface area (Å²) < 4.78 is 53.2. The predicted molar refractivity (Wildman–Crippen MR) is 91.1 cm³/mol. The zero-order chi connectivity index (χ0) is 19.5. The van der Waals surface area contributed by atoms with Crippen molar-refractivity contribution >= 4 is 29.1 Å². The van der Waals surface area contributed by atoms with Crippen LogP contribution in [0.15, 0.2) is 24.3 Å². The Morgan fingerprint density at radius 2 is 1.88 bits per heavy atom. The van der Waals surface area contributed by atoms with E-state index in [9.17, 15) is 22.7 Å². The predicted octanol–water partition coefficient (Wildman–Crippen LogP) is 4.46. The van der Waals surface area contributed by atoms with E-state index in [1.54, 1.807) is 13.8 Å². The van der Waals surface area contributed by atoms with E-state index in [1.807, 2.05) is 0 Å². The molecule has 0 bridgehead atoms. The van der Waals surface area contributed by atoms with Crippen LogP contribution in [0.3, 0.4) is 0 Å². The van der Waals surface area contributed by atoms with Gasteiger partial charge in [-0.05, 0) is 24.1 Å². The van der Waals surface area contributed by atoms with Gasteiger partial charge in [0.15, 0.2) is 5.69 Å². The van der Waals surface area contributed by atoms with Gasteiger partial charge >= 0.3 is 6.18 Å². The van der Waals surface area contributed by atoms with Crippen molar-refractivity contribution in [2.24, 2.45) is 5.92 Å². The minimum absolute atomic E-state index is 0.0834. The molecule has 1 aromatic carbocycles. The first-order valence-electron chi connectivity index (χ1n) is 7.66. The van der Waals surface area contributed by atoms with Crippen LogP contribution >= 0.6 is 11.6 Å². The number of rotatable bonds is 6. The number of anilines is 3. The van der Waals surface area contributed by atoms with E-state index in [1.165, 1.54) is 12.1 Å². The van der Waals surface area contributed by atoms with Gasteiger partial charge in [-0.1, -0.05) is 25.4 Å². The number of aliphatic hydroxyl groups is 1. The summed E-state index contributed by atoms with van der Waals surface area (Å²) in [6, 6.07) is 3.73. The van der Waals surface area contributed by atoms with Crippen LogP contribution in [-0.2, 0) is 6.18 Å². The second-order valence-corrected chi connectivity index (χ2v) is 6.32. The highest BCUT2D eigenvalue weighted by molar-refractivity contribution is 6.30. The van der Waals surface area contributed by atoms with Crippen molar-refractivity contribution in [3.8, 4) is 0 Å². The van der Waals surface area contributed by atoms with Crippen molar-refractivity contribution in [2.45, 2.75) is 26.1 Å². The molecule has 0 aliphatic rings. The molecule has 26 heavy (non-hydrogen) atoms. The molecule has 0 unspecified atom stereocenters. The highest BCUT2D eigenvalue weighted by Gasteiger charge is 2.34. The van der Waals surface area contributed by atoms with Gasteiger partial charge in [0, 0.05) is 11.1 Å². The van der Waals surface area contributed by atoms with E-state index in [0.29, 0.717) is 6.07 Å². The number of nitrogens with one attached hydrogen (secondary N) is 2. The van der Waals surface area contributed by atoms with Gasteiger partial charge in [0.25, 0.3) is 0 Å². The van der Waals surface area contributed by atoms with Gasteiger partial charge in [-0.2, -0.15) is 18.2 Å². The molecule has 0 amide bonds. The Bertz CT molecular complexity index is 770. The molecule has 10 heteroatoms. The van der Waals surface area contributed by atoms with Crippen LogP contribution in [0.4, 0.5) is 35.0 Å². The van der Waals surface area contributed by atoms with Crippen molar-refractivity contribution in [3.63, 3.8) is 0 Å². The molecule has 5 nitrogen and oxygen atoms in total. The quantitative estimate of drug-likeness (QED) is 0.633. The maximum absolute atomic E-state index is 13.8. The first-order chi connectivity index (χ1) is 12.1. The zero-order valence-electron chi connectivity index (χ0n) is 13.9. The van der Waals surface area contributed by atoms with Crippen LogP contribution in [0.25, 0.3) is 0 Å². The SMILES string of the molecule is CC(C)[C@@H](CO)Nc1nc(Nc2cc(Cl)ccc2F)cc(C(F)(F)F)n1. The Balaban J connectivity index is 2.41. The number of hydrogen-bond donors (Lipinski definition) is 3. The van der Waals surface area contributed by atoms with Gasteiger partial charge in [-0.25, -0.2) is 9.37 Å². The second kappa shape index (κ2) is 8.05. The number of nitrogens with zero attached hydrogens (tertiary/aromatic N) is 2. The molecular formula is C16H17ClF4N4O. The summed E-state index contributed by atoms with van der Waals surface area (Å²) in [5, 5.41) is 14.7. The molecule has 0 spiro atoms. The summed E-state index contributed by atoms with van der Waals surface area (Å²) in [5.41, 5.74) is -1.33. The van der Waals surface area contributed by atoms with Gasteiger partial charge in [0.1, 0.15) is 11.6 Å². The molecule has 0 radical (unpaired) electrons. The summed E-state index contributed by atoms with van der Waals surface area (Å²) in [5.74, 6) is -1.39. The summed E-state index contributed by atoms with van der Waals surface area (Å²) in [7, 11) is 0. The van der Waals surface area contributed by atoms with Crippen LogP contribution in [-0.4, -0.2) is 27.7 Å². The summed E-state index contributed by atoms with van der Waals surface area (Å²) >= 11 is 5.78. The lowest BCUT2D eigenvalue weighted by molar-refractivity contribution is -0.141. The molecular weight excluding hydrogens is 376 g/mol. The van der Waals surface area contributed by atoms with Gasteiger partial charge < -0.3 is 15.7 Å². The number of halogens is 5. The summed E-state index contributed by atoms with van der Waals surface area (Å²) in [6.45, 7) is 3.24. The van der Waals surface area contributed by atoms with E-state index in [-0.39, 0.29) is 35.0 Å². The topological polar surface area (TPSA) is 70.1 Å². The van der Waals surface area contributed by atoms with E-state index in [4.69, 9.17) is 11.6 Å². The molecule has 0 saturated heterocycles. The Kier molecular flexibility index (Phi) is 6.25. The van der Waals surface area contributed by atoms with Crippen molar-refractivity contribution in [1.29, 1.82) is 0 Å². The zero-order valence-corrected chi connectivity index (χ0v) is 14.7. The fourth-order valence-corrected chi connectivity index (χ4v) is 2.21. The molecule has 1 aromatic heterocycles. The van der Waals surface area contributed by atoms with Crippen LogP contribution in [0.2, 0.25) is 5.02 Å². The molecule has 2 aromatic rings. The average molecular weight is 393 g/mol. The van der Waals surface area contributed by atoms with Gasteiger partial charge in [-0.3, -0.25) is 0 Å². The fraction of sp³-hybridized carbons (Fsp3) is 0.375. The first kappa shape index (κ1) is 20.2. The maximum atomic E-state index is 13.8. The first-order valence-corrected chi connectivity index (χ1v) is 8.03. The molecule has 0 aliphatic carbocycles. The molecule has 3 N–H and O–H groups in total. The van der Waals surface area contributed by atoms with E-state index < -0.39 is 23.7 Å². The Morgan fingerprint density at radius 1 is 1.19 bits per heavy atom. The van der Waals surface area contributed by atoms with Gasteiger partial charge in [0.2, 0.25) is 5.95 Å². The Morgan fingerprint density at radius 3 is 2.46 bits per heavy atom. The second-order valence-electron chi connectivity index (χ2n) is 5.89. The maximum Gasteiger partial charge on any atom is 0.433 e. The van der Waals surface area contributed by atoms with Crippen molar-refractivity contribution < 1.29 is 22.7 Å². The molecule has 1 atom stereocenters. The standard InChI is InChI=1S/C16H17ClF4N4O/c1-8(2)12(7-26)23-15-24-13(16(19,20)21)6-14(25-15)22-11-5-9(17)3-4-10(11)18/h3-6,8,12,26H,7H2,1-2H3,(H2,22,23,24,25)/t12-/m1/s1. The molecule has 0 fully saturated rings. The molecule has 0 aliphatic heterocycles. The Hall–Kier alpha value is -2.13. The lowest BCUT2D eigenvalue weighted by Gasteiger charge is -2.21. The monoisotopic (exact) mass is 392 g/mol. The fourth-order valence-electron chi connectivity index (χ4n) is 2.04. The molecule has 0 saturated carbocycles. The number of hydrogen-bond acceptors (Lipinski definition) is 5. The third-order valence-electron chi connectivity index (χ3n) is 3.52. The van der Waals surface area contributed by atoms with Crippen molar-refractivity contribution in [1.82, 2.24) is 9.97 Å². The normalized spacial score (nSPS) is 13.0. The Labute approximate surface area is 152 Å². The third-order valence-corrected chi connectivity index (χ3v) is 3.76. The lowest BCUT2D eigenvalue weighted by Crippen LogP contribution is -2.30. The number of benzene rings is 1. The van der Waals surface area contributed by atoms with Crippen LogP contribution < -0.4 is 10.6 Å². The smallest absolute Gasteiger partial charge is 0.394 e. The van der Waals surface area contributed by atoms with E-state index in [2.05, 4.69) is 20.6 Å². The molecule has 142 valence electrons. The van der Waals surface area contributed by atoms with Crippen molar-refractivity contribution in [3.05, 3.63) is 40.8 Å². The van der Waals surface area contributed by atoms with Gasteiger partial charge in [0.05, 0.1) is 18.3 Å². The molecule has 1 heterocycles. The van der Waals surface area contributed by atoms with Crippen LogP contribution in [0.1, 0.15) is 19.5 Å². The van der Waals surface area contributed by atoms with Crippen LogP contribution in [0, 0.1) is 11.7 Å². The minimum atomic E-state index is -4.73. The lowest BCUT2D eigenvalue weighted by atomic mass is 10.1. The number of alkyl halides is 3. The van der Waals surface area contributed by atoms with E-state index in [0.717, 1.165) is 6.07 Å². The highest BCUT2D eigenvalue weighted by Crippen LogP contribution is 2.31. The van der Waals surface area contributed by atoms with Crippen LogP contribution in [0.5, 0.6) is 0 Å². The largest absolute Gasteiger partial charge is 0.433 e. The van der Waals surface area contributed by atoms with E-state index >= 15 is 0 Å². The number of aliphatic hydroxyl groups excluding tert-OH is 1. The molecule has 2 rings (SSSR count). The summed E-state index contributed by atoms with van der Waals surface area (Å²) in [6.07, 6.45) is -4.73. The highest BCUT2D eigenvalue weighted by atomic mass is 35.5. The average Bonchev–Trinajstić information content (AvgIpc) is 2.54. The number of aromatic nitrogens is 2. The summed E-state index contributed by atoms with van der Waals surface area (Å²) in [4.78, 5) is 7.37. The third kappa shape index (κ3) is 5.18. The van der Waals surface area contributed by atoms with Crippen molar-refractivity contribution in [2.75, 3.05) is 17.2 Å².